The van der Waals surface area contributed by atoms with E-state index in [1.807, 2.05) is 0 Å². The van der Waals surface area contributed by atoms with E-state index < -0.39 is 30.3 Å². The minimum Gasteiger partial charge on any atom is -0.468 e. The normalized spacial score (nSPS) is 13.8. The molecule has 1 unspecified atom stereocenters. The summed E-state index contributed by atoms with van der Waals surface area (Å²) in [6.07, 6.45) is -5.64. The maximum Gasteiger partial charge on any atom is 0.433 e. The van der Waals surface area contributed by atoms with Gasteiger partial charge in [0.2, 0.25) is 5.88 Å². The van der Waals surface area contributed by atoms with E-state index in [0.717, 1.165) is 18.3 Å². The van der Waals surface area contributed by atoms with Crippen LogP contribution in [0.3, 0.4) is 0 Å². The van der Waals surface area contributed by atoms with Crippen molar-refractivity contribution in [1.82, 2.24) is 19.5 Å². The number of alkyl halides is 6. The molecule has 1 atom stereocenters. The zero-order chi connectivity index (χ0) is 29.6. The maximum atomic E-state index is 13.2. The predicted molar refractivity (Wildman–Crippen MR) is 138 cm³/mol. The zero-order valence-corrected chi connectivity index (χ0v) is 21.8. The SMILES string of the molecule is Cn1cncc1C(O)(c1ccc(C(F)(F)F)nc1)c1ccc2nc(OCC(F)(F)F)c(-c3ccccc3)c(Cl)c2c1. The highest BCUT2D eigenvalue weighted by molar-refractivity contribution is 6.38. The van der Waals surface area contributed by atoms with Gasteiger partial charge in [-0.25, -0.2) is 9.97 Å². The number of imidazole rings is 1. The lowest BCUT2D eigenvalue weighted by Crippen LogP contribution is -2.31. The predicted octanol–water partition coefficient (Wildman–Crippen LogP) is 6.93. The van der Waals surface area contributed by atoms with Crippen LogP contribution in [0, 0.1) is 0 Å². The van der Waals surface area contributed by atoms with Crippen LogP contribution in [0.25, 0.3) is 22.0 Å². The Bertz CT molecular complexity index is 1710. The van der Waals surface area contributed by atoms with Crippen LogP contribution >= 0.6 is 11.6 Å². The molecule has 13 heteroatoms. The highest BCUT2D eigenvalue weighted by atomic mass is 35.5. The van der Waals surface area contributed by atoms with Crippen LogP contribution in [-0.4, -0.2) is 37.4 Å². The Morgan fingerprint density at radius 3 is 2.22 bits per heavy atom. The summed E-state index contributed by atoms with van der Waals surface area (Å²) in [6, 6.07) is 14.5. The topological polar surface area (TPSA) is 73.1 Å². The van der Waals surface area contributed by atoms with E-state index in [-0.39, 0.29) is 44.2 Å². The van der Waals surface area contributed by atoms with Crippen LogP contribution in [0.2, 0.25) is 5.02 Å². The number of rotatable bonds is 6. The van der Waals surface area contributed by atoms with Gasteiger partial charge in [0.05, 0.1) is 34.3 Å². The highest BCUT2D eigenvalue weighted by Gasteiger charge is 2.39. The average molecular weight is 593 g/mol. The second kappa shape index (κ2) is 10.3. The third-order valence-electron chi connectivity index (χ3n) is 6.40. The summed E-state index contributed by atoms with van der Waals surface area (Å²) < 4.78 is 85.1. The fourth-order valence-corrected chi connectivity index (χ4v) is 4.82. The quantitative estimate of drug-likeness (QED) is 0.217. The lowest BCUT2D eigenvalue weighted by molar-refractivity contribution is -0.154. The molecule has 5 aromatic rings. The number of aromatic nitrogens is 4. The van der Waals surface area contributed by atoms with Crippen molar-refractivity contribution in [2.24, 2.45) is 7.05 Å². The molecule has 0 aliphatic heterocycles. The van der Waals surface area contributed by atoms with Crippen molar-refractivity contribution < 1.29 is 36.2 Å². The number of hydrogen-bond donors (Lipinski definition) is 1. The van der Waals surface area contributed by atoms with Crippen molar-refractivity contribution in [2.75, 3.05) is 6.61 Å². The molecule has 0 bridgehead atoms. The Morgan fingerprint density at radius 2 is 1.63 bits per heavy atom. The van der Waals surface area contributed by atoms with Crippen LogP contribution in [0.4, 0.5) is 26.3 Å². The largest absolute Gasteiger partial charge is 0.468 e. The molecule has 0 aliphatic carbocycles. The van der Waals surface area contributed by atoms with Gasteiger partial charge in [0.15, 0.2) is 12.2 Å². The Morgan fingerprint density at radius 1 is 0.927 bits per heavy atom. The fourth-order valence-electron chi connectivity index (χ4n) is 4.48. The van der Waals surface area contributed by atoms with E-state index in [4.69, 9.17) is 16.3 Å². The Balaban J connectivity index is 1.73. The number of pyridine rings is 2. The number of halogens is 7. The summed E-state index contributed by atoms with van der Waals surface area (Å²) in [5, 5.41) is 12.4. The molecule has 0 spiro atoms. The first-order chi connectivity index (χ1) is 19.3. The molecule has 6 nitrogen and oxygen atoms in total. The number of aliphatic hydroxyl groups is 1. The molecule has 3 heterocycles. The molecule has 0 amide bonds. The lowest BCUT2D eigenvalue weighted by Gasteiger charge is -2.30. The van der Waals surface area contributed by atoms with E-state index in [1.54, 1.807) is 37.4 Å². The number of benzene rings is 2. The number of nitrogens with zero attached hydrogens (tertiary/aromatic N) is 4. The van der Waals surface area contributed by atoms with E-state index >= 15 is 0 Å². The Kier molecular flexibility index (Phi) is 7.16. The monoisotopic (exact) mass is 592 g/mol. The van der Waals surface area contributed by atoms with Crippen LogP contribution < -0.4 is 4.74 Å². The summed E-state index contributed by atoms with van der Waals surface area (Å²) in [7, 11) is 1.60. The van der Waals surface area contributed by atoms with Crippen molar-refractivity contribution >= 4 is 22.5 Å². The first-order valence-electron chi connectivity index (χ1n) is 11.9. The van der Waals surface area contributed by atoms with Crippen molar-refractivity contribution in [3.8, 4) is 17.0 Å². The van der Waals surface area contributed by atoms with E-state index in [0.29, 0.717) is 5.56 Å². The first-order valence-corrected chi connectivity index (χ1v) is 12.3. The summed E-state index contributed by atoms with van der Waals surface area (Å²) in [5.41, 5.74) is -2.13. The van der Waals surface area contributed by atoms with Gasteiger partial charge in [-0.05, 0) is 29.3 Å². The van der Waals surface area contributed by atoms with Gasteiger partial charge in [-0.2, -0.15) is 26.3 Å². The van der Waals surface area contributed by atoms with Crippen LogP contribution in [0.1, 0.15) is 22.5 Å². The van der Waals surface area contributed by atoms with Crippen molar-refractivity contribution in [1.29, 1.82) is 0 Å². The minimum absolute atomic E-state index is 0.00174. The molecule has 212 valence electrons. The second-order valence-corrected chi connectivity index (χ2v) is 9.52. The zero-order valence-electron chi connectivity index (χ0n) is 21.0. The van der Waals surface area contributed by atoms with Crippen molar-refractivity contribution in [2.45, 2.75) is 18.0 Å². The summed E-state index contributed by atoms with van der Waals surface area (Å²) in [4.78, 5) is 11.8. The van der Waals surface area contributed by atoms with Crippen LogP contribution in [0.5, 0.6) is 5.88 Å². The Labute approximate surface area is 233 Å². The van der Waals surface area contributed by atoms with Crippen molar-refractivity contribution in [3.63, 3.8) is 0 Å². The van der Waals surface area contributed by atoms with E-state index in [9.17, 15) is 31.4 Å². The van der Waals surface area contributed by atoms with E-state index in [2.05, 4.69) is 15.0 Å². The molecule has 5 rings (SSSR count). The summed E-state index contributed by atoms with van der Waals surface area (Å²) in [5.74, 6) is -0.340. The second-order valence-electron chi connectivity index (χ2n) is 9.14. The number of fused-ring (bicyclic) bond motifs is 1. The van der Waals surface area contributed by atoms with Gasteiger partial charge in [-0.3, -0.25) is 4.98 Å². The average Bonchev–Trinajstić information content (AvgIpc) is 3.37. The summed E-state index contributed by atoms with van der Waals surface area (Å²) in [6.45, 7) is -1.60. The number of aryl methyl sites for hydroxylation is 1. The van der Waals surface area contributed by atoms with Gasteiger partial charge in [0.25, 0.3) is 0 Å². The third kappa shape index (κ3) is 5.44. The summed E-state index contributed by atoms with van der Waals surface area (Å²) >= 11 is 6.79. The molecular formula is C28H19ClF6N4O2. The minimum atomic E-state index is -4.69. The molecule has 0 radical (unpaired) electrons. The van der Waals surface area contributed by atoms with Gasteiger partial charge in [0.1, 0.15) is 5.69 Å². The molecule has 0 saturated carbocycles. The lowest BCUT2D eigenvalue weighted by atomic mass is 9.83. The molecular weight excluding hydrogens is 574 g/mol. The molecule has 3 aromatic heterocycles. The number of ether oxygens (including phenoxy) is 1. The van der Waals surface area contributed by atoms with Gasteiger partial charge < -0.3 is 14.4 Å². The molecule has 0 saturated heterocycles. The van der Waals surface area contributed by atoms with Crippen LogP contribution in [0.15, 0.2) is 79.4 Å². The highest BCUT2D eigenvalue weighted by Crippen LogP contribution is 2.43. The van der Waals surface area contributed by atoms with Gasteiger partial charge in [0, 0.05) is 24.2 Å². The molecule has 2 aromatic carbocycles. The van der Waals surface area contributed by atoms with E-state index in [1.165, 1.54) is 35.3 Å². The van der Waals surface area contributed by atoms with Gasteiger partial charge >= 0.3 is 12.4 Å². The standard InChI is InChI=1S/C28H19ClF6N4O2/c1-39-15-36-13-22(39)27(40,18-8-10-21(37-12-18)28(33,34)35)17-7-9-20-19(11-17)24(29)23(16-5-3-2-4-6-16)25(38-20)41-14-26(30,31)32/h2-13,15,40H,14H2,1H3. The fraction of sp³-hybridized carbons (Fsp3) is 0.179. The molecule has 41 heavy (non-hydrogen) atoms. The Hall–Kier alpha value is -4.16. The molecule has 0 aliphatic rings. The van der Waals surface area contributed by atoms with Crippen molar-refractivity contribution in [3.05, 3.63) is 107 Å². The van der Waals surface area contributed by atoms with Crippen LogP contribution in [-0.2, 0) is 18.8 Å². The molecule has 1 N–H and O–H groups in total. The smallest absolute Gasteiger partial charge is 0.433 e. The number of hydrogen-bond acceptors (Lipinski definition) is 5. The molecule has 0 fully saturated rings. The van der Waals surface area contributed by atoms with Gasteiger partial charge in [-0.15, -0.1) is 0 Å². The third-order valence-corrected chi connectivity index (χ3v) is 6.79. The van der Waals surface area contributed by atoms with Gasteiger partial charge in [-0.1, -0.05) is 54.1 Å². The first kappa shape index (κ1) is 28.4. The maximum absolute atomic E-state index is 13.2.